The van der Waals surface area contributed by atoms with E-state index in [9.17, 15) is 13.2 Å². The summed E-state index contributed by atoms with van der Waals surface area (Å²) in [6, 6.07) is 17.1. The second kappa shape index (κ2) is 5.81. The van der Waals surface area contributed by atoms with Crippen molar-refractivity contribution >= 4 is 32.5 Å². The van der Waals surface area contributed by atoms with Gasteiger partial charge in [-0.3, -0.25) is 4.79 Å². The quantitative estimate of drug-likeness (QED) is 0.803. The lowest BCUT2D eigenvalue weighted by molar-refractivity contribution is 0.102. The Balaban J connectivity index is 1.88. The maximum Gasteiger partial charge on any atom is 0.256 e. The molecule has 1 heterocycles. The number of aromatic nitrogens is 1. The monoisotopic (exact) mass is 326 g/mol. The number of pyridine rings is 1. The van der Waals surface area contributed by atoms with E-state index in [1.807, 2.05) is 30.3 Å². The third-order valence-electron chi connectivity index (χ3n) is 3.36. The molecular formula is C17H14N2O3S. The molecule has 0 saturated heterocycles. The zero-order valence-electron chi connectivity index (χ0n) is 12.4. The van der Waals surface area contributed by atoms with Crippen molar-refractivity contribution in [3.8, 4) is 0 Å². The number of rotatable bonds is 3. The van der Waals surface area contributed by atoms with Gasteiger partial charge in [0.15, 0.2) is 9.84 Å². The van der Waals surface area contributed by atoms with E-state index < -0.39 is 15.7 Å². The standard InChI is InChI=1S/C17H14N2O3S/c1-23(21,22)14-7-4-6-13(11-14)17(20)19-16-10-9-12-5-2-3-8-15(12)18-16/h2-11H,1H3,(H,18,19,20). The third kappa shape index (κ3) is 3.37. The van der Waals surface area contributed by atoms with Crippen molar-refractivity contribution in [3.63, 3.8) is 0 Å². The first-order chi connectivity index (χ1) is 10.9. The van der Waals surface area contributed by atoms with E-state index in [0.29, 0.717) is 5.82 Å². The smallest absolute Gasteiger partial charge is 0.256 e. The largest absolute Gasteiger partial charge is 0.307 e. The second-order valence-electron chi connectivity index (χ2n) is 5.14. The Morgan fingerprint density at radius 2 is 1.78 bits per heavy atom. The third-order valence-corrected chi connectivity index (χ3v) is 4.47. The van der Waals surface area contributed by atoms with Gasteiger partial charge in [0.05, 0.1) is 10.4 Å². The van der Waals surface area contributed by atoms with Crippen LogP contribution in [0.15, 0.2) is 65.6 Å². The number of carbonyl (C=O) groups is 1. The molecule has 23 heavy (non-hydrogen) atoms. The van der Waals surface area contributed by atoms with Gasteiger partial charge in [0.25, 0.3) is 5.91 Å². The first-order valence-corrected chi connectivity index (χ1v) is 8.80. The van der Waals surface area contributed by atoms with E-state index in [-0.39, 0.29) is 10.5 Å². The van der Waals surface area contributed by atoms with E-state index >= 15 is 0 Å². The number of sulfone groups is 1. The molecule has 3 aromatic rings. The first kappa shape index (κ1) is 15.2. The number of benzene rings is 2. The predicted octanol–water partition coefficient (Wildman–Crippen LogP) is 2.89. The van der Waals surface area contributed by atoms with Crippen LogP contribution in [-0.2, 0) is 9.84 Å². The highest BCUT2D eigenvalue weighted by molar-refractivity contribution is 7.90. The van der Waals surface area contributed by atoms with Crippen LogP contribution in [0.2, 0.25) is 0 Å². The summed E-state index contributed by atoms with van der Waals surface area (Å²) in [7, 11) is -3.36. The fourth-order valence-corrected chi connectivity index (χ4v) is 2.86. The number of anilines is 1. The molecule has 1 N–H and O–H groups in total. The number of hydrogen-bond acceptors (Lipinski definition) is 4. The van der Waals surface area contributed by atoms with Crippen LogP contribution in [0.1, 0.15) is 10.4 Å². The van der Waals surface area contributed by atoms with Crippen molar-refractivity contribution < 1.29 is 13.2 Å². The lowest BCUT2D eigenvalue weighted by Crippen LogP contribution is -2.13. The zero-order valence-corrected chi connectivity index (χ0v) is 13.2. The average molecular weight is 326 g/mol. The van der Waals surface area contributed by atoms with Crippen LogP contribution in [0.3, 0.4) is 0 Å². The lowest BCUT2D eigenvalue weighted by Gasteiger charge is -2.07. The SMILES string of the molecule is CS(=O)(=O)c1cccc(C(=O)Nc2ccc3ccccc3n2)c1. The Labute approximate surface area is 133 Å². The molecule has 0 bridgehead atoms. The minimum atomic E-state index is -3.36. The molecule has 116 valence electrons. The molecule has 5 nitrogen and oxygen atoms in total. The summed E-state index contributed by atoms with van der Waals surface area (Å²) in [4.78, 5) is 16.8. The molecule has 0 aliphatic heterocycles. The summed E-state index contributed by atoms with van der Waals surface area (Å²) in [6.45, 7) is 0. The van der Waals surface area contributed by atoms with Crippen LogP contribution in [0.25, 0.3) is 10.9 Å². The number of fused-ring (bicyclic) bond motifs is 1. The van der Waals surface area contributed by atoms with E-state index in [1.165, 1.54) is 12.1 Å². The van der Waals surface area contributed by atoms with Gasteiger partial charge in [0, 0.05) is 17.2 Å². The van der Waals surface area contributed by atoms with Gasteiger partial charge in [-0.2, -0.15) is 0 Å². The fourth-order valence-electron chi connectivity index (χ4n) is 2.19. The van der Waals surface area contributed by atoms with Crippen molar-refractivity contribution in [3.05, 3.63) is 66.2 Å². The molecule has 0 radical (unpaired) electrons. The van der Waals surface area contributed by atoms with Crippen LogP contribution in [0.5, 0.6) is 0 Å². The fraction of sp³-hybridized carbons (Fsp3) is 0.0588. The van der Waals surface area contributed by atoms with Gasteiger partial charge in [-0.15, -0.1) is 0 Å². The number of amides is 1. The highest BCUT2D eigenvalue weighted by Gasteiger charge is 2.12. The van der Waals surface area contributed by atoms with Gasteiger partial charge in [-0.25, -0.2) is 13.4 Å². The molecule has 1 amide bonds. The van der Waals surface area contributed by atoms with Crippen LogP contribution in [0.4, 0.5) is 5.82 Å². The molecule has 0 atom stereocenters. The van der Waals surface area contributed by atoms with E-state index in [0.717, 1.165) is 17.2 Å². The molecule has 0 aliphatic carbocycles. The highest BCUT2D eigenvalue weighted by atomic mass is 32.2. The van der Waals surface area contributed by atoms with Crippen LogP contribution in [-0.4, -0.2) is 25.6 Å². The van der Waals surface area contributed by atoms with Crippen molar-refractivity contribution in [1.29, 1.82) is 0 Å². The molecule has 0 aliphatic rings. The topological polar surface area (TPSA) is 76.1 Å². The highest BCUT2D eigenvalue weighted by Crippen LogP contribution is 2.16. The average Bonchev–Trinajstić information content (AvgIpc) is 2.54. The molecule has 0 unspecified atom stereocenters. The van der Waals surface area contributed by atoms with Crippen LogP contribution < -0.4 is 5.32 Å². The minimum absolute atomic E-state index is 0.108. The van der Waals surface area contributed by atoms with Crippen molar-refractivity contribution in [2.45, 2.75) is 4.90 Å². The van der Waals surface area contributed by atoms with Crippen molar-refractivity contribution in [1.82, 2.24) is 4.98 Å². The van der Waals surface area contributed by atoms with Crippen LogP contribution in [0, 0.1) is 0 Å². The number of hydrogen-bond donors (Lipinski definition) is 1. The summed E-state index contributed by atoms with van der Waals surface area (Å²) in [5.41, 5.74) is 1.04. The predicted molar refractivity (Wildman–Crippen MR) is 89.2 cm³/mol. The van der Waals surface area contributed by atoms with E-state index in [4.69, 9.17) is 0 Å². The number of nitrogens with zero attached hydrogens (tertiary/aromatic N) is 1. The number of carbonyl (C=O) groups excluding carboxylic acids is 1. The first-order valence-electron chi connectivity index (χ1n) is 6.91. The number of nitrogens with one attached hydrogen (secondary N) is 1. The normalized spacial score (nSPS) is 11.3. The van der Waals surface area contributed by atoms with Gasteiger partial charge in [0.1, 0.15) is 5.82 Å². The van der Waals surface area contributed by atoms with Gasteiger partial charge in [-0.05, 0) is 36.4 Å². The Kier molecular flexibility index (Phi) is 3.83. The molecular weight excluding hydrogens is 312 g/mol. The number of para-hydroxylation sites is 1. The molecule has 6 heteroatoms. The van der Waals surface area contributed by atoms with Gasteiger partial charge in [-0.1, -0.05) is 24.3 Å². The van der Waals surface area contributed by atoms with Crippen molar-refractivity contribution in [2.24, 2.45) is 0 Å². The minimum Gasteiger partial charge on any atom is -0.307 e. The Hall–Kier alpha value is -2.73. The second-order valence-corrected chi connectivity index (χ2v) is 7.16. The van der Waals surface area contributed by atoms with E-state index in [1.54, 1.807) is 18.2 Å². The zero-order chi connectivity index (χ0) is 16.4. The Morgan fingerprint density at radius 1 is 1.00 bits per heavy atom. The summed E-state index contributed by atoms with van der Waals surface area (Å²) in [5, 5.41) is 3.66. The lowest BCUT2D eigenvalue weighted by atomic mass is 10.2. The molecule has 0 spiro atoms. The molecule has 2 aromatic carbocycles. The molecule has 0 saturated carbocycles. The summed E-state index contributed by atoms with van der Waals surface area (Å²) in [6.07, 6.45) is 1.11. The molecule has 3 rings (SSSR count). The van der Waals surface area contributed by atoms with Gasteiger partial charge in [0.2, 0.25) is 0 Å². The molecule has 0 fully saturated rings. The molecule has 1 aromatic heterocycles. The summed E-state index contributed by atoms with van der Waals surface area (Å²) >= 11 is 0. The maximum atomic E-state index is 12.3. The van der Waals surface area contributed by atoms with Gasteiger partial charge >= 0.3 is 0 Å². The summed E-state index contributed by atoms with van der Waals surface area (Å²) < 4.78 is 23.1. The van der Waals surface area contributed by atoms with E-state index in [2.05, 4.69) is 10.3 Å². The Morgan fingerprint density at radius 3 is 2.57 bits per heavy atom. The van der Waals surface area contributed by atoms with Gasteiger partial charge < -0.3 is 5.32 Å². The van der Waals surface area contributed by atoms with Crippen LogP contribution >= 0.6 is 0 Å². The Bertz CT molecular complexity index is 997. The van der Waals surface area contributed by atoms with Crippen molar-refractivity contribution in [2.75, 3.05) is 11.6 Å². The maximum absolute atomic E-state index is 12.3. The summed E-state index contributed by atoms with van der Waals surface area (Å²) in [5.74, 6) is 0.0109.